The van der Waals surface area contributed by atoms with E-state index in [1.807, 2.05) is 0 Å². The van der Waals surface area contributed by atoms with Gasteiger partial charge in [0, 0.05) is 0 Å². The van der Waals surface area contributed by atoms with Crippen LogP contribution < -0.4 is 58.2 Å². The summed E-state index contributed by atoms with van der Waals surface area (Å²) in [5, 5.41) is 0. The van der Waals surface area contributed by atoms with Crippen LogP contribution in [0.2, 0.25) is 0 Å². The van der Waals surface area contributed by atoms with Gasteiger partial charge >= 0.3 is 58.2 Å². The zero-order valence-electron chi connectivity index (χ0n) is 6.02. The summed E-state index contributed by atoms with van der Waals surface area (Å²) in [6, 6.07) is 0.792. The fourth-order valence-electron chi connectivity index (χ4n) is 0.879. The SMILES string of the molecule is CC1C[CH-]CN1C.[Rb+]. The summed E-state index contributed by atoms with van der Waals surface area (Å²) in [5.41, 5.74) is 0. The normalized spacial score (nSPS) is 30.0. The number of nitrogens with zero attached hydrogens (tertiary/aromatic N) is 1. The van der Waals surface area contributed by atoms with Gasteiger partial charge in [0.15, 0.2) is 0 Å². The molecule has 1 aliphatic rings. The first-order valence-electron chi connectivity index (χ1n) is 2.82. The van der Waals surface area contributed by atoms with Crippen molar-refractivity contribution >= 4 is 0 Å². The van der Waals surface area contributed by atoms with E-state index < -0.39 is 0 Å². The third-order valence-corrected chi connectivity index (χ3v) is 1.68. The molecule has 0 aliphatic carbocycles. The molecule has 0 saturated carbocycles. The van der Waals surface area contributed by atoms with Crippen molar-refractivity contribution in [2.24, 2.45) is 0 Å². The molecule has 0 spiro atoms. The fraction of sp³-hybridized carbons (Fsp3) is 0.833. The zero-order valence-corrected chi connectivity index (χ0v) is 10.9. The van der Waals surface area contributed by atoms with E-state index in [2.05, 4.69) is 25.3 Å². The van der Waals surface area contributed by atoms with Crippen molar-refractivity contribution in [3.05, 3.63) is 6.42 Å². The molecule has 0 aromatic rings. The predicted molar refractivity (Wildman–Crippen MR) is 31.0 cm³/mol. The number of hydrogen-bond donors (Lipinski definition) is 0. The zero-order chi connectivity index (χ0) is 5.28. The summed E-state index contributed by atoms with van der Waals surface area (Å²) < 4.78 is 0. The smallest absolute Gasteiger partial charge is 0.336 e. The van der Waals surface area contributed by atoms with Crippen LogP contribution in [0.3, 0.4) is 0 Å². The van der Waals surface area contributed by atoms with Crippen LogP contribution >= 0.6 is 0 Å². The Balaban J connectivity index is 0.000000490. The van der Waals surface area contributed by atoms with Gasteiger partial charge < -0.3 is 11.3 Å². The molecule has 0 N–H and O–H groups in total. The van der Waals surface area contributed by atoms with E-state index in [1.165, 1.54) is 13.0 Å². The van der Waals surface area contributed by atoms with Gasteiger partial charge in [-0.1, -0.05) is 6.92 Å². The summed E-state index contributed by atoms with van der Waals surface area (Å²) in [7, 11) is 2.16. The Morgan fingerprint density at radius 2 is 2.25 bits per heavy atom. The molecule has 0 aromatic heterocycles. The molecule has 1 rings (SSSR count). The molecule has 0 aromatic carbocycles. The second-order valence-electron chi connectivity index (χ2n) is 2.31. The van der Waals surface area contributed by atoms with E-state index in [9.17, 15) is 0 Å². The van der Waals surface area contributed by atoms with E-state index in [1.54, 1.807) is 0 Å². The van der Waals surface area contributed by atoms with Gasteiger partial charge in [-0.25, -0.2) is 0 Å². The minimum atomic E-state index is 0. The van der Waals surface area contributed by atoms with Gasteiger partial charge in [-0.2, -0.15) is 6.42 Å². The van der Waals surface area contributed by atoms with Crippen LogP contribution in [-0.4, -0.2) is 24.5 Å². The molecule has 1 saturated heterocycles. The first-order chi connectivity index (χ1) is 3.30. The first-order valence-corrected chi connectivity index (χ1v) is 2.82. The molecule has 1 heterocycles. The van der Waals surface area contributed by atoms with Crippen LogP contribution in [0.4, 0.5) is 0 Å². The number of likely N-dealkylation sites (tertiary alicyclic amines) is 1. The Hall–Kier alpha value is 1.77. The quantitative estimate of drug-likeness (QED) is 0.390. The van der Waals surface area contributed by atoms with Crippen molar-refractivity contribution in [2.45, 2.75) is 19.4 Å². The van der Waals surface area contributed by atoms with Crippen LogP contribution in [-0.2, 0) is 0 Å². The van der Waals surface area contributed by atoms with E-state index in [0.717, 1.165) is 6.04 Å². The van der Waals surface area contributed by atoms with Gasteiger partial charge in [0.1, 0.15) is 0 Å². The Kier molecular flexibility index (Phi) is 5.57. The van der Waals surface area contributed by atoms with Gasteiger partial charge in [0.05, 0.1) is 0 Å². The van der Waals surface area contributed by atoms with Gasteiger partial charge in [-0.05, 0) is 13.1 Å². The monoisotopic (exact) mass is 183 g/mol. The first kappa shape index (κ1) is 9.77. The summed E-state index contributed by atoms with van der Waals surface area (Å²) in [6.07, 6.45) is 3.60. The second kappa shape index (κ2) is 4.56. The Morgan fingerprint density at radius 1 is 1.62 bits per heavy atom. The minimum absolute atomic E-state index is 0. The van der Waals surface area contributed by atoms with Crippen LogP contribution in [0.5, 0.6) is 0 Å². The van der Waals surface area contributed by atoms with Gasteiger partial charge in [0.2, 0.25) is 0 Å². The van der Waals surface area contributed by atoms with Crippen LogP contribution in [0.1, 0.15) is 13.3 Å². The van der Waals surface area contributed by atoms with E-state index in [-0.39, 0.29) is 58.2 Å². The molecule has 42 valence electrons. The molecular formula is C6H12NRb. The van der Waals surface area contributed by atoms with Crippen LogP contribution in [0, 0.1) is 6.42 Å². The van der Waals surface area contributed by atoms with Crippen molar-refractivity contribution in [2.75, 3.05) is 13.6 Å². The maximum absolute atomic E-state index is 2.35. The third-order valence-electron chi connectivity index (χ3n) is 1.68. The average Bonchev–Trinajstić information content (AvgIpc) is 1.91. The fourth-order valence-corrected chi connectivity index (χ4v) is 0.879. The Labute approximate surface area is 101 Å². The Bertz CT molecular complexity index is 57.5. The second-order valence-corrected chi connectivity index (χ2v) is 2.31. The molecule has 1 aliphatic heterocycles. The Morgan fingerprint density at radius 3 is 2.38 bits per heavy atom. The molecule has 8 heavy (non-hydrogen) atoms. The maximum atomic E-state index is 2.35. The summed E-state index contributed by atoms with van der Waals surface area (Å²) in [6.45, 7) is 3.44. The predicted octanol–water partition coefficient (Wildman–Crippen LogP) is -2.08. The van der Waals surface area contributed by atoms with Crippen molar-refractivity contribution in [1.82, 2.24) is 4.90 Å². The van der Waals surface area contributed by atoms with Gasteiger partial charge in [0.25, 0.3) is 0 Å². The summed E-state index contributed by atoms with van der Waals surface area (Å²) >= 11 is 0. The molecule has 2 heteroatoms. The topological polar surface area (TPSA) is 3.24 Å². The molecule has 0 radical (unpaired) electrons. The van der Waals surface area contributed by atoms with E-state index in [4.69, 9.17) is 0 Å². The van der Waals surface area contributed by atoms with Crippen LogP contribution in [0.15, 0.2) is 0 Å². The van der Waals surface area contributed by atoms with E-state index >= 15 is 0 Å². The third kappa shape index (κ3) is 2.57. The van der Waals surface area contributed by atoms with Crippen molar-refractivity contribution < 1.29 is 58.2 Å². The van der Waals surface area contributed by atoms with E-state index in [0.29, 0.717) is 0 Å². The molecule has 1 fully saturated rings. The largest absolute Gasteiger partial charge is 1.00 e. The van der Waals surface area contributed by atoms with Crippen molar-refractivity contribution in [1.29, 1.82) is 0 Å². The van der Waals surface area contributed by atoms with Crippen molar-refractivity contribution in [3.8, 4) is 0 Å². The molecule has 1 unspecified atom stereocenters. The van der Waals surface area contributed by atoms with Crippen LogP contribution in [0.25, 0.3) is 0 Å². The minimum Gasteiger partial charge on any atom is -0.336 e. The standard InChI is InChI=1S/C6H12N.Rb/c1-6-4-3-5-7(6)2;/h3,6H,4-5H2,1-2H3;/q-1;+1. The van der Waals surface area contributed by atoms with Gasteiger partial charge in [-0.15, -0.1) is 6.54 Å². The molecule has 1 nitrogen and oxygen atoms in total. The maximum Gasteiger partial charge on any atom is 1.00 e. The number of hydrogen-bond acceptors (Lipinski definition) is 1. The summed E-state index contributed by atoms with van der Waals surface area (Å²) in [4.78, 5) is 2.35. The molecule has 0 bridgehead atoms. The molecule has 1 atom stereocenters. The summed E-state index contributed by atoms with van der Waals surface area (Å²) in [5.74, 6) is 0. The number of rotatable bonds is 0. The van der Waals surface area contributed by atoms with Crippen molar-refractivity contribution in [3.63, 3.8) is 0 Å². The average molecular weight is 184 g/mol. The van der Waals surface area contributed by atoms with Gasteiger partial charge in [-0.3, -0.25) is 0 Å². The molecule has 0 amide bonds. The molecular weight excluding hydrogens is 172 g/mol.